The van der Waals surface area contributed by atoms with E-state index >= 15 is 0 Å². The van der Waals surface area contributed by atoms with Gasteiger partial charge in [0.25, 0.3) is 5.56 Å². The number of nitrogens with zero attached hydrogens (tertiary/aromatic N) is 2. The summed E-state index contributed by atoms with van der Waals surface area (Å²) in [5, 5.41) is 2.84. The average Bonchev–Trinajstić information content (AvgIpc) is 2.96. The lowest BCUT2D eigenvalue weighted by atomic mass is 9.89. The van der Waals surface area contributed by atoms with Gasteiger partial charge in [0.15, 0.2) is 0 Å². The summed E-state index contributed by atoms with van der Waals surface area (Å²) in [5.74, 6) is 0. The number of rotatable bonds is 2. The number of hydrogen-bond donors (Lipinski definition) is 2. The first-order chi connectivity index (χ1) is 10.2. The molecular weight excluding hydrogens is 268 g/mol. The molecule has 3 heterocycles. The molecule has 0 unspecified atom stereocenters. The fourth-order valence-corrected chi connectivity index (χ4v) is 4.51. The second-order valence-corrected chi connectivity index (χ2v) is 6.76. The number of H-pyrrole nitrogens is 1. The predicted molar refractivity (Wildman–Crippen MR) is 80.2 cm³/mol. The number of nitrogens with one attached hydrogen (secondary N) is 1. The van der Waals surface area contributed by atoms with Gasteiger partial charge >= 0.3 is 0 Å². The van der Waals surface area contributed by atoms with E-state index in [9.17, 15) is 4.79 Å². The topological polar surface area (TPSA) is 76.3 Å². The maximum Gasteiger partial charge on any atom is 0.287 e. The van der Waals surface area contributed by atoms with Gasteiger partial charge in [0.05, 0.1) is 25.5 Å². The molecule has 116 valence electrons. The van der Waals surface area contributed by atoms with E-state index in [0.29, 0.717) is 29.9 Å². The van der Waals surface area contributed by atoms with Gasteiger partial charge in [-0.2, -0.15) is 0 Å². The van der Waals surface area contributed by atoms with Crippen molar-refractivity contribution in [1.82, 2.24) is 14.7 Å². The molecule has 0 aromatic carbocycles. The maximum atomic E-state index is 11.5. The van der Waals surface area contributed by atoms with Crippen LogP contribution in [0.5, 0.6) is 0 Å². The molecule has 6 nitrogen and oxygen atoms in total. The third kappa shape index (κ3) is 2.30. The SMILES string of the molecule is Nc1cn(C2CCC(N3[C@@H]4CC[C@H]3COC4)CC2)[nH]c1=O. The van der Waals surface area contributed by atoms with Crippen molar-refractivity contribution in [2.45, 2.75) is 62.7 Å². The van der Waals surface area contributed by atoms with E-state index in [0.717, 1.165) is 26.1 Å². The van der Waals surface area contributed by atoms with Crippen LogP contribution in [-0.4, -0.2) is 46.0 Å². The van der Waals surface area contributed by atoms with Crippen LogP contribution in [-0.2, 0) is 4.74 Å². The highest BCUT2D eigenvalue weighted by molar-refractivity contribution is 5.30. The molecule has 3 fully saturated rings. The van der Waals surface area contributed by atoms with Crippen LogP contribution in [0.25, 0.3) is 0 Å². The second-order valence-electron chi connectivity index (χ2n) is 6.76. The number of hydrogen-bond acceptors (Lipinski definition) is 4. The summed E-state index contributed by atoms with van der Waals surface area (Å²) in [7, 11) is 0. The van der Waals surface area contributed by atoms with Crippen molar-refractivity contribution in [3.8, 4) is 0 Å². The Hall–Kier alpha value is -1.27. The fourth-order valence-electron chi connectivity index (χ4n) is 4.51. The van der Waals surface area contributed by atoms with Crippen LogP contribution in [0.2, 0.25) is 0 Å². The van der Waals surface area contributed by atoms with Gasteiger partial charge in [0, 0.05) is 18.1 Å². The van der Waals surface area contributed by atoms with Crippen molar-refractivity contribution in [2.24, 2.45) is 0 Å². The Morgan fingerprint density at radius 1 is 1.00 bits per heavy atom. The molecule has 1 aromatic rings. The Morgan fingerprint density at radius 2 is 1.57 bits per heavy atom. The van der Waals surface area contributed by atoms with Crippen LogP contribution in [0.1, 0.15) is 44.6 Å². The van der Waals surface area contributed by atoms with Crippen LogP contribution in [0.4, 0.5) is 5.69 Å². The lowest BCUT2D eigenvalue weighted by molar-refractivity contribution is -0.0458. The van der Waals surface area contributed by atoms with E-state index in [2.05, 4.69) is 10.00 Å². The number of nitrogens with two attached hydrogens (primary N) is 1. The summed E-state index contributed by atoms with van der Waals surface area (Å²) in [5.41, 5.74) is 5.81. The number of aromatic amines is 1. The number of anilines is 1. The first kappa shape index (κ1) is 13.4. The van der Waals surface area contributed by atoms with Crippen molar-refractivity contribution in [1.29, 1.82) is 0 Å². The zero-order chi connectivity index (χ0) is 14.4. The van der Waals surface area contributed by atoms with Gasteiger partial charge in [-0.15, -0.1) is 0 Å². The number of aromatic nitrogens is 2. The first-order valence-electron chi connectivity index (χ1n) is 8.14. The van der Waals surface area contributed by atoms with E-state index in [1.807, 2.05) is 4.68 Å². The molecular formula is C15H24N4O2. The smallest absolute Gasteiger partial charge is 0.287 e. The van der Waals surface area contributed by atoms with Crippen molar-refractivity contribution in [3.63, 3.8) is 0 Å². The number of morpholine rings is 1. The molecule has 3 N–H and O–H groups in total. The van der Waals surface area contributed by atoms with Gasteiger partial charge in [-0.3, -0.25) is 19.5 Å². The predicted octanol–water partition coefficient (Wildman–Crippen LogP) is 1.11. The fraction of sp³-hybridized carbons (Fsp3) is 0.800. The van der Waals surface area contributed by atoms with Crippen molar-refractivity contribution in [2.75, 3.05) is 18.9 Å². The van der Waals surface area contributed by atoms with Gasteiger partial charge < -0.3 is 10.5 Å². The van der Waals surface area contributed by atoms with E-state index in [1.54, 1.807) is 6.20 Å². The van der Waals surface area contributed by atoms with Gasteiger partial charge in [-0.25, -0.2) is 0 Å². The third-order valence-electron chi connectivity index (χ3n) is 5.55. The quantitative estimate of drug-likeness (QED) is 0.856. The summed E-state index contributed by atoms with van der Waals surface area (Å²) in [4.78, 5) is 14.2. The number of fused-ring (bicyclic) bond motifs is 2. The van der Waals surface area contributed by atoms with Gasteiger partial charge in [-0.05, 0) is 38.5 Å². The Balaban J connectivity index is 1.42. The summed E-state index contributed by atoms with van der Waals surface area (Å²) in [6, 6.07) is 2.38. The molecule has 2 aliphatic heterocycles. The van der Waals surface area contributed by atoms with Crippen LogP contribution in [0.3, 0.4) is 0 Å². The summed E-state index contributed by atoms with van der Waals surface area (Å²) in [6.45, 7) is 1.83. The van der Waals surface area contributed by atoms with Crippen molar-refractivity contribution < 1.29 is 4.74 Å². The number of nitrogen functional groups attached to an aromatic ring is 1. The minimum absolute atomic E-state index is 0.164. The normalized spacial score (nSPS) is 37.0. The molecule has 1 aliphatic carbocycles. The molecule has 0 spiro atoms. The van der Waals surface area contributed by atoms with Crippen LogP contribution < -0.4 is 11.3 Å². The largest absolute Gasteiger partial charge is 0.393 e. The monoisotopic (exact) mass is 292 g/mol. The molecule has 2 saturated heterocycles. The molecule has 0 amide bonds. The molecule has 6 heteroatoms. The van der Waals surface area contributed by atoms with Crippen molar-refractivity contribution >= 4 is 5.69 Å². The lowest BCUT2D eigenvalue weighted by Crippen LogP contribution is -2.52. The molecule has 1 saturated carbocycles. The molecule has 2 atom stereocenters. The minimum atomic E-state index is -0.164. The number of ether oxygens (including phenoxy) is 1. The highest BCUT2D eigenvalue weighted by Crippen LogP contribution is 2.38. The highest BCUT2D eigenvalue weighted by Gasteiger charge is 2.42. The molecule has 0 radical (unpaired) electrons. The lowest BCUT2D eigenvalue weighted by Gasteiger charge is -2.43. The maximum absolute atomic E-state index is 11.5. The van der Waals surface area contributed by atoms with E-state index in [-0.39, 0.29) is 5.56 Å². The molecule has 1 aromatic heterocycles. The van der Waals surface area contributed by atoms with E-state index in [1.165, 1.54) is 25.7 Å². The summed E-state index contributed by atoms with van der Waals surface area (Å²) in [6.07, 6.45) is 9.00. The van der Waals surface area contributed by atoms with Crippen LogP contribution >= 0.6 is 0 Å². The molecule has 2 bridgehead atoms. The van der Waals surface area contributed by atoms with Crippen LogP contribution in [0, 0.1) is 0 Å². The van der Waals surface area contributed by atoms with Crippen LogP contribution in [0.15, 0.2) is 11.0 Å². The Morgan fingerprint density at radius 3 is 2.14 bits per heavy atom. The van der Waals surface area contributed by atoms with Gasteiger partial charge in [0.1, 0.15) is 5.69 Å². The molecule has 3 aliphatic rings. The summed E-state index contributed by atoms with van der Waals surface area (Å²) < 4.78 is 7.60. The first-order valence-corrected chi connectivity index (χ1v) is 8.14. The minimum Gasteiger partial charge on any atom is -0.393 e. The highest BCUT2D eigenvalue weighted by atomic mass is 16.5. The average molecular weight is 292 g/mol. The Labute approximate surface area is 124 Å². The Bertz CT molecular complexity index is 542. The van der Waals surface area contributed by atoms with Crippen molar-refractivity contribution in [3.05, 3.63) is 16.6 Å². The van der Waals surface area contributed by atoms with E-state index in [4.69, 9.17) is 10.5 Å². The summed E-state index contributed by atoms with van der Waals surface area (Å²) >= 11 is 0. The zero-order valence-corrected chi connectivity index (χ0v) is 12.3. The van der Waals surface area contributed by atoms with Gasteiger partial charge in [0.2, 0.25) is 0 Å². The molecule has 21 heavy (non-hydrogen) atoms. The Kier molecular flexibility index (Phi) is 3.30. The van der Waals surface area contributed by atoms with E-state index < -0.39 is 0 Å². The third-order valence-corrected chi connectivity index (χ3v) is 5.55. The standard InChI is InChI=1S/C15H24N4O2/c16-14-7-18(17-15(14)20)10-1-3-11(4-2-10)19-12-5-6-13(19)9-21-8-12/h7,10-13H,1-6,8-9,16H2,(H,17,20)/t10?,11?,12-,13+. The zero-order valence-electron chi connectivity index (χ0n) is 12.3. The second kappa shape index (κ2) is 5.18. The molecule has 4 rings (SSSR count). The van der Waals surface area contributed by atoms with Gasteiger partial charge in [-0.1, -0.05) is 0 Å².